The van der Waals surface area contributed by atoms with E-state index in [1.165, 1.54) is 18.4 Å². The van der Waals surface area contributed by atoms with Gasteiger partial charge in [-0.25, -0.2) is 14.3 Å². The van der Waals surface area contributed by atoms with Crippen LogP contribution in [0.1, 0.15) is 21.9 Å². The number of alkyl halides is 3. The van der Waals surface area contributed by atoms with Gasteiger partial charge in [0, 0.05) is 6.07 Å². The molecule has 0 aliphatic rings. The fourth-order valence-corrected chi connectivity index (χ4v) is 2.26. The highest BCUT2D eigenvalue weighted by Crippen LogP contribution is 2.32. The van der Waals surface area contributed by atoms with Crippen LogP contribution in [-0.4, -0.2) is 25.7 Å². The van der Waals surface area contributed by atoms with E-state index in [-0.39, 0.29) is 17.1 Å². The third-order valence-electron chi connectivity index (χ3n) is 3.49. The first-order valence-corrected chi connectivity index (χ1v) is 7.77. The molecule has 8 nitrogen and oxygen atoms in total. The standard InChI is InChI=1S/C12H6F3N3O3.C5H7NO/c13-12(14,15)9-4-6(8-2-1-3-21-8)16-10-5-7(11(19)20)17-18(9)10;6-4-5-2-1-3-7-5/h1-5H,(H,19,20);1-3H,4,6H2. The normalized spacial score (nSPS) is 11.3. The summed E-state index contributed by atoms with van der Waals surface area (Å²) in [6, 6.07) is 8.34. The summed E-state index contributed by atoms with van der Waals surface area (Å²) >= 11 is 0. The number of aromatic nitrogens is 3. The van der Waals surface area contributed by atoms with Gasteiger partial charge in [-0.05, 0) is 30.3 Å². The van der Waals surface area contributed by atoms with Crippen molar-refractivity contribution >= 4 is 11.6 Å². The molecular formula is C17H13F3N4O4. The molecule has 3 N–H and O–H groups in total. The lowest BCUT2D eigenvalue weighted by molar-refractivity contribution is -0.142. The highest BCUT2D eigenvalue weighted by atomic mass is 19.4. The molecule has 0 fully saturated rings. The maximum Gasteiger partial charge on any atom is 0.433 e. The number of rotatable bonds is 3. The molecule has 0 aliphatic heterocycles. The van der Waals surface area contributed by atoms with Gasteiger partial charge in [0.25, 0.3) is 0 Å². The van der Waals surface area contributed by atoms with Crippen LogP contribution in [0.2, 0.25) is 0 Å². The molecule has 4 aromatic heterocycles. The van der Waals surface area contributed by atoms with Crippen LogP contribution >= 0.6 is 0 Å². The topological polar surface area (TPSA) is 120 Å². The quantitative estimate of drug-likeness (QED) is 0.546. The number of aromatic carboxylic acids is 1. The molecule has 4 rings (SSSR count). The largest absolute Gasteiger partial charge is 0.476 e. The Labute approximate surface area is 155 Å². The zero-order valence-electron chi connectivity index (χ0n) is 14.1. The molecule has 0 atom stereocenters. The summed E-state index contributed by atoms with van der Waals surface area (Å²) in [4.78, 5) is 14.8. The average Bonchev–Trinajstić information content (AvgIpc) is 3.41. The second-order valence-electron chi connectivity index (χ2n) is 5.39. The molecular weight excluding hydrogens is 381 g/mol. The first-order chi connectivity index (χ1) is 13.3. The predicted molar refractivity (Wildman–Crippen MR) is 89.2 cm³/mol. The van der Waals surface area contributed by atoms with Crippen LogP contribution in [0.25, 0.3) is 17.1 Å². The van der Waals surface area contributed by atoms with Crippen LogP contribution in [0, 0.1) is 0 Å². The summed E-state index contributed by atoms with van der Waals surface area (Å²) in [6.07, 6.45) is -1.81. The van der Waals surface area contributed by atoms with Crippen LogP contribution < -0.4 is 5.73 Å². The zero-order chi connectivity index (χ0) is 20.3. The monoisotopic (exact) mass is 394 g/mol. The minimum absolute atomic E-state index is 0.0586. The van der Waals surface area contributed by atoms with Crippen molar-refractivity contribution in [1.29, 1.82) is 0 Å². The summed E-state index contributed by atoms with van der Waals surface area (Å²) in [5.41, 5.74) is 3.26. The Morgan fingerprint density at radius 2 is 1.89 bits per heavy atom. The fraction of sp³-hybridized carbons (Fsp3) is 0.118. The van der Waals surface area contributed by atoms with Gasteiger partial charge in [-0.2, -0.15) is 18.3 Å². The molecule has 0 spiro atoms. The lowest BCUT2D eigenvalue weighted by atomic mass is 10.2. The van der Waals surface area contributed by atoms with Crippen LogP contribution in [0.3, 0.4) is 0 Å². The SMILES string of the molecule is NCc1ccco1.O=C(O)c1cc2nc(-c3ccco3)cc(C(F)(F)F)n2n1. The Balaban J connectivity index is 0.000000271. The van der Waals surface area contributed by atoms with Crippen molar-refractivity contribution in [3.05, 3.63) is 66.1 Å². The Kier molecular flexibility index (Phi) is 5.18. The van der Waals surface area contributed by atoms with E-state index in [2.05, 4.69) is 10.1 Å². The molecule has 0 aliphatic carbocycles. The molecule has 146 valence electrons. The van der Waals surface area contributed by atoms with Crippen molar-refractivity contribution in [2.45, 2.75) is 12.7 Å². The number of hydrogen-bond acceptors (Lipinski definition) is 6. The van der Waals surface area contributed by atoms with Crippen LogP contribution in [-0.2, 0) is 12.7 Å². The molecule has 11 heteroatoms. The molecule has 0 amide bonds. The highest BCUT2D eigenvalue weighted by molar-refractivity contribution is 5.86. The lowest BCUT2D eigenvalue weighted by Gasteiger charge is -2.09. The van der Waals surface area contributed by atoms with E-state index in [9.17, 15) is 18.0 Å². The minimum atomic E-state index is -4.72. The fourth-order valence-electron chi connectivity index (χ4n) is 2.26. The van der Waals surface area contributed by atoms with Crippen molar-refractivity contribution in [3.63, 3.8) is 0 Å². The lowest BCUT2D eigenvalue weighted by Crippen LogP contribution is -2.14. The number of carboxylic acid groups (broad SMARTS) is 1. The Bertz CT molecular complexity index is 1070. The smallest absolute Gasteiger partial charge is 0.433 e. The first kappa shape index (κ1) is 19.2. The maximum atomic E-state index is 13.1. The Morgan fingerprint density at radius 3 is 2.39 bits per heavy atom. The first-order valence-electron chi connectivity index (χ1n) is 7.77. The van der Waals surface area contributed by atoms with Crippen molar-refractivity contribution in [3.8, 4) is 11.5 Å². The third-order valence-corrected chi connectivity index (χ3v) is 3.49. The van der Waals surface area contributed by atoms with Gasteiger partial charge in [-0.15, -0.1) is 0 Å². The van der Waals surface area contributed by atoms with E-state index in [1.807, 2.05) is 12.1 Å². The number of hydrogen-bond donors (Lipinski definition) is 2. The average molecular weight is 394 g/mol. The van der Waals surface area contributed by atoms with E-state index >= 15 is 0 Å². The second-order valence-corrected chi connectivity index (χ2v) is 5.39. The second kappa shape index (κ2) is 7.56. The third kappa shape index (κ3) is 4.04. The molecule has 4 aromatic rings. The molecule has 0 radical (unpaired) electrons. The molecule has 28 heavy (non-hydrogen) atoms. The predicted octanol–water partition coefficient (Wildman–Crippen LogP) is 3.44. The number of fused-ring (bicyclic) bond motifs is 1. The van der Waals surface area contributed by atoms with E-state index < -0.39 is 23.5 Å². The van der Waals surface area contributed by atoms with Gasteiger partial charge in [-0.3, -0.25) is 0 Å². The molecule has 0 saturated carbocycles. The maximum absolute atomic E-state index is 13.1. The summed E-state index contributed by atoms with van der Waals surface area (Å²) in [6.45, 7) is 0.493. The molecule has 0 aromatic carbocycles. The van der Waals surface area contributed by atoms with Crippen LogP contribution in [0.15, 0.2) is 57.8 Å². The van der Waals surface area contributed by atoms with Crippen molar-refractivity contribution in [2.24, 2.45) is 5.73 Å². The van der Waals surface area contributed by atoms with E-state index in [0.29, 0.717) is 11.1 Å². The van der Waals surface area contributed by atoms with Crippen molar-refractivity contribution in [2.75, 3.05) is 0 Å². The Morgan fingerprint density at radius 1 is 1.18 bits per heavy atom. The van der Waals surface area contributed by atoms with Crippen molar-refractivity contribution in [1.82, 2.24) is 14.6 Å². The highest BCUT2D eigenvalue weighted by Gasteiger charge is 2.35. The summed E-state index contributed by atoms with van der Waals surface area (Å²) in [5, 5.41) is 12.2. The van der Waals surface area contributed by atoms with Gasteiger partial charge in [0.1, 0.15) is 11.5 Å². The van der Waals surface area contributed by atoms with E-state index in [1.54, 1.807) is 6.26 Å². The van der Waals surface area contributed by atoms with Gasteiger partial charge in [0.2, 0.25) is 0 Å². The summed E-state index contributed by atoms with van der Waals surface area (Å²) < 4.78 is 49.6. The van der Waals surface area contributed by atoms with Gasteiger partial charge in [0.05, 0.1) is 19.1 Å². The van der Waals surface area contributed by atoms with E-state index in [4.69, 9.17) is 19.7 Å². The number of nitrogens with zero attached hydrogens (tertiary/aromatic N) is 3. The molecule has 0 bridgehead atoms. The van der Waals surface area contributed by atoms with E-state index in [0.717, 1.165) is 17.9 Å². The van der Waals surface area contributed by atoms with Crippen LogP contribution in [0.4, 0.5) is 13.2 Å². The number of halogens is 3. The Hall–Kier alpha value is -3.60. The van der Waals surface area contributed by atoms with Gasteiger partial charge < -0.3 is 19.7 Å². The summed E-state index contributed by atoms with van der Waals surface area (Å²) in [7, 11) is 0. The number of carboxylic acids is 1. The molecule has 0 saturated heterocycles. The van der Waals surface area contributed by atoms with Crippen LogP contribution in [0.5, 0.6) is 0 Å². The number of nitrogens with two attached hydrogens (primary N) is 1. The number of furan rings is 2. The summed E-state index contributed by atoms with van der Waals surface area (Å²) in [5.74, 6) is -0.464. The van der Waals surface area contributed by atoms with Gasteiger partial charge in [-0.1, -0.05) is 0 Å². The minimum Gasteiger partial charge on any atom is -0.476 e. The van der Waals surface area contributed by atoms with Gasteiger partial charge >= 0.3 is 12.1 Å². The zero-order valence-corrected chi connectivity index (χ0v) is 14.1. The number of carbonyl (C=O) groups is 1. The van der Waals surface area contributed by atoms with Gasteiger partial charge in [0.15, 0.2) is 22.8 Å². The molecule has 0 unspecified atom stereocenters. The molecule has 4 heterocycles. The van der Waals surface area contributed by atoms with Crippen molar-refractivity contribution < 1.29 is 31.9 Å².